The van der Waals surface area contributed by atoms with E-state index >= 15 is 0 Å². The maximum Gasteiger partial charge on any atom is 0.266 e. The molecule has 0 aromatic carbocycles. The standard InChI is InChI=1S/C13H23N3O/c1-4-5-6-7-13(2,3)10-14-11-8-12(17)16-15-9-11/h8-9H,4-7,10H2,1-3H3,(H2,14,16,17). The minimum absolute atomic E-state index is 0.168. The highest BCUT2D eigenvalue weighted by molar-refractivity contribution is 5.38. The van der Waals surface area contributed by atoms with Crippen molar-refractivity contribution in [1.29, 1.82) is 0 Å². The number of rotatable bonds is 7. The van der Waals surface area contributed by atoms with Crippen LogP contribution in [0.5, 0.6) is 0 Å². The highest BCUT2D eigenvalue weighted by Crippen LogP contribution is 2.23. The molecule has 17 heavy (non-hydrogen) atoms. The summed E-state index contributed by atoms with van der Waals surface area (Å²) in [5.74, 6) is 0. The number of nitrogens with one attached hydrogen (secondary N) is 2. The van der Waals surface area contributed by atoms with Crippen molar-refractivity contribution in [2.45, 2.75) is 46.5 Å². The van der Waals surface area contributed by atoms with Crippen molar-refractivity contribution in [3.63, 3.8) is 0 Å². The lowest BCUT2D eigenvalue weighted by molar-refractivity contribution is 0.342. The second kappa shape index (κ2) is 6.42. The Labute approximate surface area is 103 Å². The summed E-state index contributed by atoms with van der Waals surface area (Å²) >= 11 is 0. The van der Waals surface area contributed by atoms with Crippen LogP contribution >= 0.6 is 0 Å². The van der Waals surface area contributed by atoms with E-state index in [-0.39, 0.29) is 11.0 Å². The second-order valence-electron chi connectivity index (χ2n) is 5.31. The fourth-order valence-electron chi connectivity index (χ4n) is 1.76. The first-order chi connectivity index (χ1) is 8.03. The molecule has 1 rings (SSSR count). The molecule has 0 fully saturated rings. The number of hydrogen-bond donors (Lipinski definition) is 2. The number of unbranched alkanes of at least 4 members (excludes halogenated alkanes) is 2. The lowest BCUT2D eigenvalue weighted by Crippen LogP contribution is -2.23. The zero-order chi connectivity index (χ0) is 12.7. The summed E-state index contributed by atoms with van der Waals surface area (Å²) in [4.78, 5) is 11.1. The average Bonchev–Trinajstić information content (AvgIpc) is 2.27. The van der Waals surface area contributed by atoms with Crippen molar-refractivity contribution >= 4 is 5.69 Å². The molecule has 0 saturated heterocycles. The number of H-pyrrole nitrogens is 1. The lowest BCUT2D eigenvalue weighted by Gasteiger charge is -2.25. The smallest absolute Gasteiger partial charge is 0.266 e. The molecule has 96 valence electrons. The van der Waals surface area contributed by atoms with E-state index < -0.39 is 0 Å². The average molecular weight is 237 g/mol. The van der Waals surface area contributed by atoms with E-state index in [0.29, 0.717) is 0 Å². The van der Waals surface area contributed by atoms with Gasteiger partial charge in [0, 0.05) is 12.6 Å². The Hall–Kier alpha value is -1.32. The minimum atomic E-state index is -0.168. The summed E-state index contributed by atoms with van der Waals surface area (Å²) in [5, 5.41) is 9.40. The molecule has 0 unspecified atom stereocenters. The summed E-state index contributed by atoms with van der Waals surface area (Å²) in [6.45, 7) is 7.57. The van der Waals surface area contributed by atoms with Crippen molar-refractivity contribution in [2.75, 3.05) is 11.9 Å². The van der Waals surface area contributed by atoms with Crippen molar-refractivity contribution in [3.05, 3.63) is 22.6 Å². The van der Waals surface area contributed by atoms with Crippen LogP contribution in [-0.4, -0.2) is 16.7 Å². The van der Waals surface area contributed by atoms with Gasteiger partial charge in [0.25, 0.3) is 5.56 Å². The largest absolute Gasteiger partial charge is 0.383 e. The Morgan fingerprint density at radius 3 is 2.82 bits per heavy atom. The van der Waals surface area contributed by atoms with E-state index in [1.165, 1.54) is 31.7 Å². The van der Waals surface area contributed by atoms with Crippen molar-refractivity contribution in [3.8, 4) is 0 Å². The van der Waals surface area contributed by atoms with Crippen molar-refractivity contribution in [2.24, 2.45) is 5.41 Å². The second-order valence-corrected chi connectivity index (χ2v) is 5.31. The van der Waals surface area contributed by atoms with E-state index in [0.717, 1.165) is 12.2 Å². The Bertz CT molecular complexity index is 384. The van der Waals surface area contributed by atoms with Gasteiger partial charge in [-0.3, -0.25) is 4.79 Å². The van der Waals surface area contributed by atoms with Crippen LogP contribution in [0.3, 0.4) is 0 Å². The molecule has 2 N–H and O–H groups in total. The zero-order valence-electron chi connectivity index (χ0n) is 11.0. The first kappa shape index (κ1) is 13.7. The quantitative estimate of drug-likeness (QED) is 0.717. The highest BCUT2D eigenvalue weighted by Gasteiger charge is 2.16. The first-order valence-electron chi connectivity index (χ1n) is 6.32. The third-order valence-corrected chi connectivity index (χ3v) is 2.89. The van der Waals surface area contributed by atoms with Gasteiger partial charge in [-0.2, -0.15) is 5.10 Å². The third-order valence-electron chi connectivity index (χ3n) is 2.89. The molecule has 4 nitrogen and oxygen atoms in total. The molecular weight excluding hydrogens is 214 g/mol. The van der Waals surface area contributed by atoms with Crippen LogP contribution in [0.25, 0.3) is 0 Å². The molecule has 0 bridgehead atoms. The van der Waals surface area contributed by atoms with E-state index in [2.05, 4.69) is 36.3 Å². The van der Waals surface area contributed by atoms with Gasteiger partial charge in [-0.05, 0) is 11.8 Å². The number of anilines is 1. The Morgan fingerprint density at radius 1 is 1.41 bits per heavy atom. The van der Waals surface area contributed by atoms with E-state index in [9.17, 15) is 4.79 Å². The van der Waals surface area contributed by atoms with Gasteiger partial charge in [0.2, 0.25) is 0 Å². The summed E-state index contributed by atoms with van der Waals surface area (Å²) in [6, 6.07) is 1.54. The summed E-state index contributed by atoms with van der Waals surface area (Å²) < 4.78 is 0. The summed E-state index contributed by atoms with van der Waals surface area (Å²) in [7, 11) is 0. The maximum absolute atomic E-state index is 11.1. The van der Waals surface area contributed by atoms with E-state index in [4.69, 9.17) is 0 Å². The predicted molar refractivity (Wildman–Crippen MR) is 71.3 cm³/mol. The fraction of sp³-hybridized carbons (Fsp3) is 0.692. The molecule has 0 aliphatic carbocycles. The molecule has 1 aromatic heterocycles. The fourth-order valence-corrected chi connectivity index (χ4v) is 1.76. The van der Waals surface area contributed by atoms with Crippen LogP contribution in [-0.2, 0) is 0 Å². The molecule has 0 amide bonds. The molecule has 0 saturated carbocycles. The summed E-state index contributed by atoms with van der Waals surface area (Å²) in [6.07, 6.45) is 6.64. The van der Waals surface area contributed by atoms with Crippen molar-refractivity contribution in [1.82, 2.24) is 10.2 Å². The molecule has 0 spiro atoms. The predicted octanol–water partition coefficient (Wildman–Crippen LogP) is 2.79. The van der Waals surface area contributed by atoms with Crippen LogP contribution < -0.4 is 10.9 Å². The van der Waals surface area contributed by atoms with Crippen LogP contribution in [0.15, 0.2) is 17.1 Å². The van der Waals surface area contributed by atoms with E-state index in [1.807, 2.05) is 0 Å². The number of aromatic amines is 1. The molecule has 0 radical (unpaired) electrons. The number of hydrogen-bond acceptors (Lipinski definition) is 3. The first-order valence-corrected chi connectivity index (χ1v) is 6.32. The third kappa shape index (κ3) is 5.52. The zero-order valence-corrected chi connectivity index (χ0v) is 11.0. The van der Waals surface area contributed by atoms with Gasteiger partial charge >= 0.3 is 0 Å². The number of nitrogens with zero attached hydrogens (tertiary/aromatic N) is 1. The number of aromatic nitrogens is 2. The van der Waals surface area contributed by atoms with Crippen LogP contribution in [0, 0.1) is 5.41 Å². The van der Waals surface area contributed by atoms with Crippen molar-refractivity contribution < 1.29 is 0 Å². The minimum Gasteiger partial charge on any atom is -0.383 e. The molecule has 1 aromatic rings. The Morgan fingerprint density at radius 2 is 2.18 bits per heavy atom. The van der Waals surface area contributed by atoms with Crippen LogP contribution in [0.2, 0.25) is 0 Å². The SMILES string of the molecule is CCCCCC(C)(C)CNc1cn[nH]c(=O)c1. The van der Waals surface area contributed by atoms with Gasteiger partial charge in [0.15, 0.2) is 0 Å². The lowest BCUT2D eigenvalue weighted by atomic mass is 9.87. The van der Waals surface area contributed by atoms with Gasteiger partial charge < -0.3 is 5.32 Å². The summed E-state index contributed by atoms with van der Waals surface area (Å²) in [5.41, 5.74) is 0.869. The Kier molecular flexibility index (Phi) is 5.19. The molecular formula is C13H23N3O. The highest BCUT2D eigenvalue weighted by atomic mass is 16.1. The van der Waals surface area contributed by atoms with Gasteiger partial charge in [0.1, 0.15) is 0 Å². The molecule has 0 aliphatic heterocycles. The molecule has 1 heterocycles. The normalized spacial score (nSPS) is 11.5. The van der Waals surface area contributed by atoms with E-state index in [1.54, 1.807) is 6.20 Å². The van der Waals surface area contributed by atoms with Gasteiger partial charge in [0.05, 0.1) is 11.9 Å². The topological polar surface area (TPSA) is 57.8 Å². The maximum atomic E-state index is 11.1. The Balaban J connectivity index is 2.40. The monoisotopic (exact) mass is 237 g/mol. The molecule has 0 aliphatic rings. The molecule has 4 heteroatoms. The van der Waals surface area contributed by atoms with Crippen LogP contribution in [0.4, 0.5) is 5.69 Å². The van der Waals surface area contributed by atoms with Gasteiger partial charge in [-0.15, -0.1) is 0 Å². The van der Waals surface area contributed by atoms with Crippen LogP contribution in [0.1, 0.15) is 46.5 Å². The molecule has 0 atom stereocenters. The van der Waals surface area contributed by atoms with Gasteiger partial charge in [-0.1, -0.05) is 40.0 Å². The van der Waals surface area contributed by atoms with Gasteiger partial charge in [-0.25, -0.2) is 5.10 Å².